The third-order valence-electron chi connectivity index (χ3n) is 6.12. The molecule has 7 heteroatoms. The second-order valence-electron chi connectivity index (χ2n) is 8.38. The fourth-order valence-electron chi connectivity index (χ4n) is 4.25. The van der Waals surface area contributed by atoms with Gasteiger partial charge in [0.25, 0.3) is 5.56 Å². The van der Waals surface area contributed by atoms with Gasteiger partial charge in [-0.2, -0.15) is 0 Å². The number of likely N-dealkylation sites (tertiary alicyclic amines) is 1. The number of piperidine rings is 1. The second-order valence-corrected chi connectivity index (χ2v) is 9.35. The lowest BCUT2D eigenvalue weighted by molar-refractivity contribution is -0.118. The number of benzene rings is 2. The van der Waals surface area contributed by atoms with Gasteiger partial charge in [0.2, 0.25) is 5.91 Å². The van der Waals surface area contributed by atoms with E-state index in [0.717, 1.165) is 43.0 Å². The summed E-state index contributed by atoms with van der Waals surface area (Å²) in [7, 11) is 1.74. The summed E-state index contributed by atoms with van der Waals surface area (Å²) in [6.45, 7) is 3.66. The van der Waals surface area contributed by atoms with E-state index in [1.54, 1.807) is 11.6 Å². The number of hydrogen-bond donors (Lipinski definition) is 1. The third kappa shape index (κ3) is 5.78. The Morgan fingerprint density at radius 1 is 1.09 bits per heavy atom. The molecular formula is C25H30N4O2S. The fraction of sp³-hybridized carbons (Fsp3) is 0.400. The number of hydrogen-bond acceptors (Lipinski definition) is 5. The molecule has 1 N–H and O–H groups in total. The maximum Gasteiger partial charge on any atom is 0.283 e. The van der Waals surface area contributed by atoms with Gasteiger partial charge in [-0.3, -0.25) is 9.59 Å². The molecule has 0 saturated carbocycles. The maximum absolute atomic E-state index is 12.5. The van der Waals surface area contributed by atoms with Gasteiger partial charge in [-0.05, 0) is 56.0 Å². The normalized spacial score (nSPS) is 15.2. The molecule has 2 aromatic carbocycles. The third-order valence-corrected chi connectivity index (χ3v) is 7.06. The number of carbonyl (C=O) groups excluding carboxylic acids is 1. The van der Waals surface area contributed by atoms with Crippen LogP contribution < -0.4 is 10.9 Å². The first-order valence-corrected chi connectivity index (χ1v) is 12.2. The highest BCUT2D eigenvalue weighted by Gasteiger charge is 2.19. The lowest BCUT2D eigenvalue weighted by atomic mass is 9.90. The zero-order valence-corrected chi connectivity index (χ0v) is 19.3. The van der Waals surface area contributed by atoms with Gasteiger partial charge in [-0.1, -0.05) is 54.2 Å². The molecule has 1 amide bonds. The molecule has 2 heterocycles. The van der Waals surface area contributed by atoms with Crippen molar-refractivity contribution in [3.8, 4) is 0 Å². The van der Waals surface area contributed by atoms with Gasteiger partial charge in [-0.15, -0.1) is 0 Å². The highest BCUT2D eigenvalue weighted by Crippen LogP contribution is 2.21. The van der Waals surface area contributed by atoms with E-state index in [1.807, 2.05) is 24.3 Å². The standard InChI is InChI=1S/C25H30N4O2S/c1-28-22-10-6-5-9-21(22)27-24(25(28)31)32-18-23(30)26-13-16-29-14-11-20(12-15-29)17-19-7-3-2-4-8-19/h2-10,20H,11-18H2,1H3,(H,26,30). The summed E-state index contributed by atoms with van der Waals surface area (Å²) in [6.07, 6.45) is 3.57. The molecule has 0 radical (unpaired) electrons. The van der Waals surface area contributed by atoms with Crippen LogP contribution in [0.2, 0.25) is 0 Å². The van der Waals surface area contributed by atoms with Crippen molar-refractivity contribution in [2.45, 2.75) is 24.3 Å². The van der Waals surface area contributed by atoms with Crippen LogP contribution in [0.5, 0.6) is 0 Å². The van der Waals surface area contributed by atoms with Crippen molar-refractivity contribution in [2.24, 2.45) is 13.0 Å². The van der Waals surface area contributed by atoms with Gasteiger partial charge in [0, 0.05) is 20.1 Å². The van der Waals surface area contributed by atoms with Gasteiger partial charge in [0.1, 0.15) is 0 Å². The number of carbonyl (C=O) groups is 1. The van der Waals surface area contributed by atoms with Crippen molar-refractivity contribution in [3.05, 3.63) is 70.5 Å². The van der Waals surface area contributed by atoms with Crippen LogP contribution in [0, 0.1) is 5.92 Å². The summed E-state index contributed by atoms with van der Waals surface area (Å²) in [5.74, 6) is 0.877. The number of fused-ring (bicyclic) bond motifs is 1. The average Bonchev–Trinajstić information content (AvgIpc) is 2.82. The fourth-order valence-corrected chi connectivity index (χ4v) is 5.04. The monoisotopic (exact) mass is 450 g/mol. The van der Waals surface area contributed by atoms with E-state index in [9.17, 15) is 9.59 Å². The van der Waals surface area contributed by atoms with E-state index < -0.39 is 0 Å². The Bertz CT molecular complexity index is 1110. The van der Waals surface area contributed by atoms with Crippen molar-refractivity contribution in [1.82, 2.24) is 19.8 Å². The Kier molecular flexibility index (Phi) is 7.60. The molecule has 1 saturated heterocycles. The molecule has 32 heavy (non-hydrogen) atoms. The zero-order chi connectivity index (χ0) is 22.3. The maximum atomic E-state index is 12.5. The van der Waals surface area contributed by atoms with Crippen LogP contribution in [0.4, 0.5) is 0 Å². The number of thioether (sulfide) groups is 1. The Morgan fingerprint density at radius 2 is 1.81 bits per heavy atom. The highest BCUT2D eigenvalue weighted by atomic mass is 32.2. The minimum absolute atomic E-state index is 0.0639. The SMILES string of the molecule is Cn1c(=O)c(SCC(=O)NCCN2CCC(Cc3ccccc3)CC2)nc2ccccc21. The minimum Gasteiger partial charge on any atom is -0.354 e. The van der Waals surface area contributed by atoms with Crippen LogP contribution in [0.25, 0.3) is 11.0 Å². The second kappa shape index (κ2) is 10.8. The van der Waals surface area contributed by atoms with Crippen molar-refractivity contribution < 1.29 is 4.79 Å². The summed E-state index contributed by atoms with van der Waals surface area (Å²) in [4.78, 5) is 31.7. The van der Waals surface area contributed by atoms with Gasteiger partial charge < -0.3 is 14.8 Å². The number of aromatic nitrogens is 2. The highest BCUT2D eigenvalue weighted by molar-refractivity contribution is 7.99. The van der Waals surface area contributed by atoms with Gasteiger partial charge in [0.15, 0.2) is 5.03 Å². The Labute approximate surface area is 193 Å². The van der Waals surface area contributed by atoms with E-state index in [2.05, 4.69) is 45.5 Å². The first-order chi connectivity index (χ1) is 15.6. The Hall–Kier alpha value is -2.64. The number of para-hydroxylation sites is 2. The molecule has 1 aromatic heterocycles. The first-order valence-electron chi connectivity index (χ1n) is 11.2. The summed E-state index contributed by atoms with van der Waals surface area (Å²) >= 11 is 1.20. The topological polar surface area (TPSA) is 67.2 Å². The number of rotatable bonds is 8. The largest absolute Gasteiger partial charge is 0.354 e. The smallest absolute Gasteiger partial charge is 0.283 e. The van der Waals surface area contributed by atoms with Crippen LogP contribution in [0.1, 0.15) is 18.4 Å². The zero-order valence-electron chi connectivity index (χ0n) is 18.5. The summed E-state index contributed by atoms with van der Waals surface area (Å²) in [5.41, 5.74) is 2.80. The molecule has 0 unspecified atom stereocenters. The van der Waals surface area contributed by atoms with Crippen molar-refractivity contribution in [2.75, 3.05) is 31.9 Å². The Morgan fingerprint density at radius 3 is 2.59 bits per heavy atom. The quantitative estimate of drug-likeness (QED) is 0.534. The van der Waals surface area contributed by atoms with Crippen LogP contribution in [-0.2, 0) is 18.3 Å². The van der Waals surface area contributed by atoms with Crippen molar-refractivity contribution >= 4 is 28.7 Å². The van der Waals surface area contributed by atoms with Gasteiger partial charge in [-0.25, -0.2) is 4.98 Å². The Balaban J connectivity index is 1.18. The van der Waals surface area contributed by atoms with E-state index in [1.165, 1.54) is 30.2 Å². The number of nitrogens with zero attached hydrogens (tertiary/aromatic N) is 3. The molecule has 1 aliphatic heterocycles. The van der Waals surface area contributed by atoms with E-state index in [0.29, 0.717) is 11.6 Å². The van der Waals surface area contributed by atoms with Crippen LogP contribution >= 0.6 is 11.8 Å². The predicted molar refractivity (Wildman–Crippen MR) is 130 cm³/mol. The molecule has 6 nitrogen and oxygen atoms in total. The van der Waals surface area contributed by atoms with E-state index in [4.69, 9.17) is 0 Å². The lowest BCUT2D eigenvalue weighted by Gasteiger charge is -2.32. The summed E-state index contributed by atoms with van der Waals surface area (Å²) in [6, 6.07) is 18.2. The van der Waals surface area contributed by atoms with Crippen LogP contribution in [-0.4, -0.2) is 52.3 Å². The van der Waals surface area contributed by atoms with Crippen LogP contribution in [0.15, 0.2) is 64.4 Å². The number of aryl methyl sites for hydroxylation is 1. The van der Waals surface area contributed by atoms with Crippen molar-refractivity contribution in [1.29, 1.82) is 0 Å². The predicted octanol–water partition coefficient (Wildman–Crippen LogP) is 3.10. The van der Waals surface area contributed by atoms with E-state index in [-0.39, 0.29) is 17.2 Å². The summed E-state index contributed by atoms with van der Waals surface area (Å²) < 4.78 is 1.59. The molecule has 0 aliphatic carbocycles. The van der Waals surface area contributed by atoms with Gasteiger partial charge in [0.05, 0.1) is 16.8 Å². The van der Waals surface area contributed by atoms with Gasteiger partial charge >= 0.3 is 0 Å². The molecule has 1 aliphatic rings. The molecule has 168 valence electrons. The van der Waals surface area contributed by atoms with Crippen LogP contribution in [0.3, 0.4) is 0 Å². The molecule has 1 fully saturated rings. The summed E-state index contributed by atoms with van der Waals surface area (Å²) in [5, 5.41) is 3.35. The molecule has 3 aromatic rings. The molecular weight excluding hydrogens is 420 g/mol. The number of amides is 1. The van der Waals surface area contributed by atoms with E-state index >= 15 is 0 Å². The molecule has 0 atom stereocenters. The first kappa shape index (κ1) is 22.6. The average molecular weight is 451 g/mol. The lowest BCUT2D eigenvalue weighted by Crippen LogP contribution is -2.40. The molecule has 0 bridgehead atoms. The molecule has 0 spiro atoms. The molecule has 4 rings (SSSR count). The number of nitrogens with one attached hydrogen (secondary N) is 1. The minimum atomic E-state index is -0.167. The van der Waals surface area contributed by atoms with Crippen molar-refractivity contribution in [3.63, 3.8) is 0 Å².